The molecule has 1 N–H and O–H groups in total. The van der Waals surface area contributed by atoms with Crippen molar-refractivity contribution in [1.29, 1.82) is 0 Å². The number of halogens is 2. The van der Waals surface area contributed by atoms with Crippen LogP contribution in [0.15, 0.2) is 60.9 Å². The first-order valence-corrected chi connectivity index (χ1v) is 9.29. The summed E-state index contributed by atoms with van der Waals surface area (Å²) in [5.41, 5.74) is 2.18. The second kappa shape index (κ2) is 8.98. The van der Waals surface area contributed by atoms with E-state index >= 15 is 0 Å². The zero-order chi connectivity index (χ0) is 19.2. The monoisotopic (exact) mass is 385 g/mol. The van der Waals surface area contributed by atoms with Crippen molar-refractivity contribution in [3.05, 3.63) is 77.3 Å². The van der Waals surface area contributed by atoms with Gasteiger partial charge in [-0.25, -0.2) is 4.39 Å². The average molecular weight is 386 g/mol. The maximum Gasteiger partial charge on any atom is 0.133 e. The van der Waals surface area contributed by atoms with Gasteiger partial charge >= 0.3 is 0 Å². The Morgan fingerprint density at radius 3 is 2.63 bits per heavy atom. The lowest BCUT2D eigenvalue weighted by atomic mass is 10.0. The molecule has 0 aliphatic heterocycles. The molecule has 0 saturated carbocycles. The lowest BCUT2D eigenvalue weighted by Gasteiger charge is -2.13. The number of aliphatic hydroxyl groups is 1. The van der Waals surface area contributed by atoms with E-state index in [1.165, 1.54) is 6.07 Å². The number of hydrogen-bond donors (Lipinski definition) is 1. The Hall–Kier alpha value is -2.43. The van der Waals surface area contributed by atoms with Crippen molar-refractivity contribution in [1.82, 2.24) is 4.98 Å². The highest BCUT2D eigenvalue weighted by atomic mass is 35.5. The van der Waals surface area contributed by atoms with E-state index in [1.54, 1.807) is 42.7 Å². The minimum atomic E-state index is -0.359. The van der Waals surface area contributed by atoms with Crippen LogP contribution >= 0.6 is 11.6 Å². The molecule has 5 heteroatoms. The van der Waals surface area contributed by atoms with E-state index < -0.39 is 0 Å². The highest BCUT2D eigenvalue weighted by molar-refractivity contribution is 6.30. The van der Waals surface area contributed by atoms with E-state index in [0.717, 1.165) is 17.5 Å². The number of benzene rings is 2. The summed E-state index contributed by atoms with van der Waals surface area (Å²) in [6.07, 6.45) is 5.17. The summed E-state index contributed by atoms with van der Waals surface area (Å²) >= 11 is 5.81. The van der Waals surface area contributed by atoms with Gasteiger partial charge in [-0.15, -0.1) is 0 Å². The van der Waals surface area contributed by atoms with Crippen molar-refractivity contribution in [3.8, 4) is 22.6 Å². The Morgan fingerprint density at radius 2 is 1.93 bits per heavy atom. The van der Waals surface area contributed by atoms with Crippen LogP contribution in [-0.4, -0.2) is 16.2 Å². The third-order valence-corrected chi connectivity index (χ3v) is 4.64. The Labute approximate surface area is 163 Å². The lowest BCUT2D eigenvalue weighted by Crippen LogP contribution is -2.06. The van der Waals surface area contributed by atoms with Gasteiger partial charge < -0.3 is 9.84 Å². The van der Waals surface area contributed by atoms with Crippen LogP contribution in [0.1, 0.15) is 25.3 Å². The van der Waals surface area contributed by atoms with E-state index in [4.69, 9.17) is 16.3 Å². The van der Waals surface area contributed by atoms with Crippen molar-refractivity contribution < 1.29 is 14.2 Å². The minimum absolute atomic E-state index is 0.327. The summed E-state index contributed by atoms with van der Waals surface area (Å²) in [4.78, 5) is 4.15. The van der Waals surface area contributed by atoms with Crippen LogP contribution in [0.5, 0.6) is 11.5 Å². The molecule has 0 amide bonds. The topological polar surface area (TPSA) is 42.4 Å². The molecule has 140 valence electrons. The molecule has 3 rings (SSSR count). The van der Waals surface area contributed by atoms with Crippen molar-refractivity contribution in [2.75, 3.05) is 0 Å². The van der Waals surface area contributed by atoms with E-state index in [2.05, 4.69) is 4.98 Å². The van der Waals surface area contributed by atoms with Gasteiger partial charge in [0.2, 0.25) is 0 Å². The molecule has 1 heterocycles. The number of aliphatic hydroxyl groups excluding tert-OH is 1. The van der Waals surface area contributed by atoms with Gasteiger partial charge in [0.05, 0.1) is 6.10 Å². The van der Waals surface area contributed by atoms with Crippen LogP contribution < -0.4 is 4.74 Å². The molecule has 3 aromatic rings. The van der Waals surface area contributed by atoms with E-state index in [0.29, 0.717) is 34.9 Å². The molecular weight excluding hydrogens is 365 g/mol. The van der Waals surface area contributed by atoms with Gasteiger partial charge in [-0.1, -0.05) is 30.7 Å². The Kier molecular flexibility index (Phi) is 6.43. The van der Waals surface area contributed by atoms with Crippen molar-refractivity contribution in [3.63, 3.8) is 0 Å². The molecule has 0 aliphatic carbocycles. The summed E-state index contributed by atoms with van der Waals surface area (Å²) in [6.45, 7) is 1.95. The number of nitrogens with zero attached hydrogens (tertiary/aromatic N) is 1. The molecule has 0 aliphatic rings. The zero-order valence-corrected chi connectivity index (χ0v) is 15.8. The van der Waals surface area contributed by atoms with Gasteiger partial charge in [0.1, 0.15) is 17.3 Å². The first kappa shape index (κ1) is 19.3. The maximum absolute atomic E-state index is 14.1. The maximum atomic E-state index is 14.1. The smallest absolute Gasteiger partial charge is 0.133 e. The average Bonchev–Trinajstić information content (AvgIpc) is 2.68. The van der Waals surface area contributed by atoms with Gasteiger partial charge in [0, 0.05) is 28.5 Å². The number of hydrogen-bond acceptors (Lipinski definition) is 3. The molecule has 1 unspecified atom stereocenters. The fraction of sp³-hybridized carbons (Fsp3) is 0.227. The molecular formula is C22H21ClFNO2. The third-order valence-electron chi connectivity index (χ3n) is 4.40. The Bertz CT molecular complexity index is 899. The highest BCUT2D eigenvalue weighted by Gasteiger charge is 2.10. The first-order chi connectivity index (χ1) is 13.1. The number of aromatic nitrogens is 1. The van der Waals surface area contributed by atoms with Gasteiger partial charge in [0.25, 0.3) is 0 Å². The molecule has 1 aromatic heterocycles. The third kappa shape index (κ3) is 5.06. The highest BCUT2D eigenvalue weighted by Crippen LogP contribution is 2.30. The predicted molar refractivity (Wildman–Crippen MR) is 106 cm³/mol. The second-order valence-corrected chi connectivity index (χ2v) is 6.77. The van der Waals surface area contributed by atoms with Crippen LogP contribution in [0.25, 0.3) is 11.1 Å². The van der Waals surface area contributed by atoms with Gasteiger partial charge in [-0.05, 0) is 61.2 Å². The molecule has 0 spiro atoms. The van der Waals surface area contributed by atoms with E-state index in [-0.39, 0.29) is 11.9 Å². The normalized spacial score (nSPS) is 12.0. The molecule has 2 aromatic carbocycles. The summed E-state index contributed by atoms with van der Waals surface area (Å²) in [5, 5.41) is 10.1. The fourth-order valence-electron chi connectivity index (χ4n) is 2.78. The molecule has 0 saturated heterocycles. The van der Waals surface area contributed by atoms with Crippen molar-refractivity contribution in [2.45, 2.75) is 32.3 Å². The number of rotatable bonds is 7. The van der Waals surface area contributed by atoms with Crippen LogP contribution in [0, 0.1) is 5.82 Å². The first-order valence-electron chi connectivity index (χ1n) is 8.91. The van der Waals surface area contributed by atoms with Gasteiger partial charge in [0.15, 0.2) is 0 Å². The number of ether oxygens (including phenoxy) is 1. The van der Waals surface area contributed by atoms with Gasteiger partial charge in [-0.3, -0.25) is 4.98 Å². The Morgan fingerprint density at radius 1 is 1.15 bits per heavy atom. The molecule has 0 fully saturated rings. The standard InChI is InChI=1S/C22H21ClFNO2/c1-2-18(26)7-3-16-14-25-12-11-22(16)27-19-8-4-15(5-9-19)20-10-6-17(23)13-21(20)24/h4-6,8-14,18,26H,2-3,7H2,1H3. The second-order valence-electron chi connectivity index (χ2n) is 6.33. The summed E-state index contributed by atoms with van der Waals surface area (Å²) in [6, 6.07) is 13.7. The molecule has 0 radical (unpaired) electrons. The molecule has 0 bridgehead atoms. The fourth-order valence-corrected chi connectivity index (χ4v) is 2.94. The SMILES string of the molecule is CCC(O)CCc1cnccc1Oc1ccc(-c2ccc(Cl)cc2F)cc1. The largest absolute Gasteiger partial charge is 0.457 e. The minimum Gasteiger partial charge on any atom is -0.457 e. The zero-order valence-electron chi connectivity index (χ0n) is 15.0. The van der Waals surface area contributed by atoms with Crippen LogP contribution in [-0.2, 0) is 6.42 Å². The van der Waals surface area contributed by atoms with Crippen LogP contribution in [0.2, 0.25) is 5.02 Å². The van der Waals surface area contributed by atoms with Crippen LogP contribution in [0.4, 0.5) is 4.39 Å². The quantitative estimate of drug-likeness (QED) is 0.539. The van der Waals surface area contributed by atoms with E-state index in [1.807, 2.05) is 19.1 Å². The number of pyridine rings is 1. The summed E-state index contributed by atoms with van der Waals surface area (Å²) in [5.74, 6) is 0.998. The predicted octanol–water partition coefficient (Wildman–Crippen LogP) is 6.04. The van der Waals surface area contributed by atoms with Gasteiger partial charge in [-0.2, -0.15) is 0 Å². The van der Waals surface area contributed by atoms with Crippen molar-refractivity contribution >= 4 is 11.6 Å². The summed E-state index contributed by atoms with van der Waals surface area (Å²) < 4.78 is 20.1. The Balaban J connectivity index is 1.75. The molecule has 27 heavy (non-hydrogen) atoms. The van der Waals surface area contributed by atoms with Crippen molar-refractivity contribution in [2.24, 2.45) is 0 Å². The molecule has 3 nitrogen and oxygen atoms in total. The van der Waals surface area contributed by atoms with Crippen LogP contribution in [0.3, 0.4) is 0 Å². The summed E-state index contributed by atoms with van der Waals surface area (Å²) in [7, 11) is 0. The van der Waals surface area contributed by atoms with E-state index in [9.17, 15) is 9.50 Å². The molecule has 1 atom stereocenters. The number of aryl methyl sites for hydroxylation is 1. The lowest BCUT2D eigenvalue weighted by molar-refractivity contribution is 0.160.